The first kappa shape index (κ1) is 13.0. The van der Waals surface area contributed by atoms with E-state index in [1.54, 1.807) is 0 Å². The lowest BCUT2D eigenvalue weighted by molar-refractivity contribution is 0.170. The Morgan fingerprint density at radius 3 is 2.60 bits per heavy atom. The van der Waals surface area contributed by atoms with Crippen LogP contribution in [-0.2, 0) is 0 Å². The Morgan fingerprint density at radius 2 is 2.00 bits per heavy atom. The van der Waals surface area contributed by atoms with Gasteiger partial charge in [-0.05, 0) is 43.6 Å². The molecule has 0 bridgehead atoms. The van der Waals surface area contributed by atoms with E-state index in [2.05, 4.69) is 33.0 Å². The molecule has 0 aromatic rings. The highest BCUT2D eigenvalue weighted by atomic mass is 14.9. The molecule has 0 radical (unpaired) electrons. The van der Waals surface area contributed by atoms with Gasteiger partial charge in [0.15, 0.2) is 0 Å². The van der Waals surface area contributed by atoms with Gasteiger partial charge in [-0.15, -0.1) is 0 Å². The molecule has 1 aliphatic rings. The van der Waals surface area contributed by atoms with Gasteiger partial charge in [-0.25, -0.2) is 0 Å². The van der Waals surface area contributed by atoms with Crippen molar-refractivity contribution >= 4 is 0 Å². The van der Waals surface area contributed by atoms with E-state index in [-0.39, 0.29) is 0 Å². The zero-order chi connectivity index (χ0) is 11.3. The van der Waals surface area contributed by atoms with E-state index in [0.717, 1.165) is 23.8 Å². The van der Waals surface area contributed by atoms with Crippen molar-refractivity contribution in [3.05, 3.63) is 0 Å². The zero-order valence-electron chi connectivity index (χ0n) is 11.1. The molecule has 0 amide bonds. The van der Waals surface area contributed by atoms with Gasteiger partial charge >= 0.3 is 0 Å². The molecular formula is C14H29N. The predicted octanol–water partition coefficient (Wildman–Crippen LogP) is 3.84. The minimum Gasteiger partial charge on any atom is -0.314 e. The fourth-order valence-corrected chi connectivity index (χ4v) is 2.90. The number of hydrogen-bond acceptors (Lipinski definition) is 1. The van der Waals surface area contributed by atoms with Gasteiger partial charge < -0.3 is 5.32 Å². The molecule has 0 aromatic carbocycles. The van der Waals surface area contributed by atoms with E-state index in [0.29, 0.717) is 0 Å². The molecule has 15 heavy (non-hydrogen) atoms. The summed E-state index contributed by atoms with van der Waals surface area (Å²) in [5.41, 5.74) is 0. The van der Waals surface area contributed by atoms with Gasteiger partial charge in [0, 0.05) is 6.04 Å². The summed E-state index contributed by atoms with van der Waals surface area (Å²) < 4.78 is 0. The second kappa shape index (κ2) is 6.52. The average Bonchev–Trinajstić information content (AvgIpc) is 2.18. The van der Waals surface area contributed by atoms with Gasteiger partial charge in [0.2, 0.25) is 0 Å². The van der Waals surface area contributed by atoms with Crippen molar-refractivity contribution in [3.63, 3.8) is 0 Å². The SMILES string of the molecule is CCCCNC1CC(C)CCC1C(C)C. The predicted molar refractivity (Wildman–Crippen MR) is 68.0 cm³/mol. The minimum atomic E-state index is 0.792. The number of unbranched alkanes of at least 4 members (excludes halogenated alkanes) is 1. The molecule has 0 aromatic heterocycles. The van der Waals surface area contributed by atoms with Crippen molar-refractivity contribution in [1.29, 1.82) is 0 Å². The molecule has 0 spiro atoms. The maximum absolute atomic E-state index is 3.78. The Morgan fingerprint density at radius 1 is 1.27 bits per heavy atom. The normalized spacial score (nSPS) is 32.2. The maximum atomic E-state index is 3.78. The van der Waals surface area contributed by atoms with Gasteiger partial charge in [0.05, 0.1) is 0 Å². The van der Waals surface area contributed by atoms with Crippen LogP contribution >= 0.6 is 0 Å². The Kier molecular flexibility index (Phi) is 5.66. The van der Waals surface area contributed by atoms with Crippen LogP contribution in [0, 0.1) is 17.8 Å². The summed E-state index contributed by atoms with van der Waals surface area (Å²) >= 11 is 0. The molecule has 1 heteroatoms. The summed E-state index contributed by atoms with van der Waals surface area (Å²) in [6.07, 6.45) is 6.90. The highest BCUT2D eigenvalue weighted by molar-refractivity contribution is 4.85. The Balaban J connectivity index is 2.39. The third kappa shape index (κ3) is 4.14. The van der Waals surface area contributed by atoms with Gasteiger partial charge in [0.1, 0.15) is 0 Å². The fraction of sp³-hybridized carbons (Fsp3) is 1.00. The van der Waals surface area contributed by atoms with Crippen LogP contribution in [0.2, 0.25) is 0 Å². The van der Waals surface area contributed by atoms with Crippen molar-refractivity contribution in [3.8, 4) is 0 Å². The van der Waals surface area contributed by atoms with E-state index in [9.17, 15) is 0 Å². The standard InChI is InChI=1S/C14H29N/c1-5-6-9-15-14-10-12(4)7-8-13(14)11(2)3/h11-15H,5-10H2,1-4H3. The molecule has 0 saturated heterocycles. The first-order valence-electron chi connectivity index (χ1n) is 6.88. The first-order chi connectivity index (χ1) is 7.15. The molecule has 1 saturated carbocycles. The van der Waals surface area contributed by atoms with Crippen LogP contribution in [0.4, 0.5) is 0 Å². The van der Waals surface area contributed by atoms with Crippen LogP contribution in [0.5, 0.6) is 0 Å². The highest BCUT2D eigenvalue weighted by Crippen LogP contribution is 2.33. The molecule has 0 heterocycles. The number of hydrogen-bond donors (Lipinski definition) is 1. The number of nitrogens with one attached hydrogen (secondary N) is 1. The van der Waals surface area contributed by atoms with E-state index < -0.39 is 0 Å². The van der Waals surface area contributed by atoms with E-state index >= 15 is 0 Å². The van der Waals surface area contributed by atoms with Crippen molar-refractivity contribution in [2.45, 2.75) is 65.8 Å². The van der Waals surface area contributed by atoms with Crippen LogP contribution in [0.3, 0.4) is 0 Å². The molecule has 0 aliphatic heterocycles. The molecular weight excluding hydrogens is 182 g/mol. The van der Waals surface area contributed by atoms with Crippen LogP contribution in [0.15, 0.2) is 0 Å². The number of rotatable bonds is 5. The van der Waals surface area contributed by atoms with Gasteiger partial charge in [-0.3, -0.25) is 0 Å². The van der Waals surface area contributed by atoms with E-state index in [1.807, 2.05) is 0 Å². The summed E-state index contributed by atoms with van der Waals surface area (Å²) in [5.74, 6) is 2.69. The molecule has 90 valence electrons. The lowest BCUT2D eigenvalue weighted by atomic mass is 9.74. The van der Waals surface area contributed by atoms with E-state index in [4.69, 9.17) is 0 Å². The van der Waals surface area contributed by atoms with Crippen molar-refractivity contribution < 1.29 is 0 Å². The summed E-state index contributed by atoms with van der Waals surface area (Å²) in [6.45, 7) is 10.7. The van der Waals surface area contributed by atoms with Gasteiger partial charge in [0.25, 0.3) is 0 Å². The third-order valence-corrected chi connectivity index (χ3v) is 3.96. The Labute approximate surface area is 96.0 Å². The zero-order valence-corrected chi connectivity index (χ0v) is 11.1. The van der Waals surface area contributed by atoms with Crippen molar-refractivity contribution in [2.75, 3.05) is 6.54 Å². The van der Waals surface area contributed by atoms with Crippen molar-refractivity contribution in [2.24, 2.45) is 17.8 Å². The molecule has 1 N–H and O–H groups in total. The largest absolute Gasteiger partial charge is 0.314 e. The molecule has 1 nitrogen and oxygen atoms in total. The monoisotopic (exact) mass is 211 g/mol. The molecule has 3 atom stereocenters. The summed E-state index contributed by atoms with van der Waals surface area (Å²) in [7, 11) is 0. The molecule has 1 aliphatic carbocycles. The third-order valence-electron chi connectivity index (χ3n) is 3.96. The van der Waals surface area contributed by atoms with Crippen LogP contribution in [-0.4, -0.2) is 12.6 Å². The van der Waals surface area contributed by atoms with Crippen molar-refractivity contribution in [1.82, 2.24) is 5.32 Å². The second-order valence-electron chi connectivity index (χ2n) is 5.74. The maximum Gasteiger partial charge on any atom is 0.0100 e. The molecule has 3 unspecified atom stereocenters. The van der Waals surface area contributed by atoms with E-state index in [1.165, 1.54) is 38.6 Å². The Bertz CT molecular complexity index is 165. The highest BCUT2D eigenvalue weighted by Gasteiger charge is 2.29. The Hall–Kier alpha value is -0.0400. The average molecular weight is 211 g/mol. The quantitative estimate of drug-likeness (QED) is 0.681. The minimum absolute atomic E-state index is 0.792. The lowest BCUT2D eigenvalue weighted by Gasteiger charge is -2.38. The summed E-state index contributed by atoms with van der Waals surface area (Å²) in [6, 6.07) is 0.792. The molecule has 1 fully saturated rings. The van der Waals surface area contributed by atoms with Gasteiger partial charge in [-0.1, -0.05) is 40.5 Å². The van der Waals surface area contributed by atoms with Crippen LogP contribution in [0.25, 0.3) is 0 Å². The van der Waals surface area contributed by atoms with Gasteiger partial charge in [-0.2, -0.15) is 0 Å². The lowest BCUT2D eigenvalue weighted by Crippen LogP contribution is -2.43. The summed E-state index contributed by atoms with van der Waals surface area (Å²) in [5, 5.41) is 3.78. The first-order valence-corrected chi connectivity index (χ1v) is 6.88. The van der Waals surface area contributed by atoms with Crippen LogP contribution < -0.4 is 5.32 Å². The second-order valence-corrected chi connectivity index (χ2v) is 5.74. The summed E-state index contributed by atoms with van der Waals surface area (Å²) in [4.78, 5) is 0. The molecule has 1 rings (SSSR count). The smallest absolute Gasteiger partial charge is 0.0100 e. The topological polar surface area (TPSA) is 12.0 Å². The fourth-order valence-electron chi connectivity index (χ4n) is 2.90. The van der Waals surface area contributed by atoms with Crippen LogP contribution in [0.1, 0.15) is 59.8 Å².